The zero-order valence-corrected chi connectivity index (χ0v) is 16.1. The molecule has 2 aliphatic rings. The summed E-state index contributed by atoms with van der Waals surface area (Å²) < 4.78 is 20.1. The van der Waals surface area contributed by atoms with Crippen LogP contribution in [0.1, 0.15) is 37.4 Å². The molecule has 0 radical (unpaired) electrons. The van der Waals surface area contributed by atoms with Gasteiger partial charge in [-0.25, -0.2) is 4.98 Å². The van der Waals surface area contributed by atoms with Crippen LogP contribution in [-0.4, -0.2) is 29.6 Å². The summed E-state index contributed by atoms with van der Waals surface area (Å²) >= 11 is 5.85. The van der Waals surface area contributed by atoms with Gasteiger partial charge in [0.05, 0.1) is 17.6 Å². The molecule has 1 spiro atoms. The molecular formula is C20H21ClFN3O3. The zero-order valence-electron chi connectivity index (χ0n) is 15.3. The number of nitro benzene ring substituents is 1. The third kappa shape index (κ3) is 3.69. The lowest BCUT2D eigenvalue weighted by molar-refractivity contribution is -0.386. The zero-order chi connectivity index (χ0) is 19.7. The van der Waals surface area contributed by atoms with Crippen LogP contribution in [0.5, 0.6) is 0 Å². The van der Waals surface area contributed by atoms with Crippen molar-refractivity contribution >= 4 is 23.0 Å². The number of nitrogens with zero attached hydrogens (tertiary/aromatic N) is 3. The van der Waals surface area contributed by atoms with Crippen LogP contribution in [-0.2, 0) is 4.74 Å². The van der Waals surface area contributed by atoms with E-state index in [0.29, 0.717) is 30.5 Å². The predicted molar refractivity (Wildman–Crippen MR) is 104 cm³/mol. The first-order chi connectivity index (χ1) is 13.5. The molecule has 1 aromatic heterocycles. The Morgan fingerprint density at radius 2 is 2.04 bits per heavy atom. The van der Waals surface area contributed by atoms with Crippen molar-refractivity contribution in [1.82, 2.24) is 4.98 Å². The fraction of sp³-hybridized carbons (Fsp3) is 0.450. The number of ether oxygens (including phenoxy) is 1. The highest BCUT2D eigenvalue weighted by molar-refractivity contribution is 6.29. The van der Waals surface area contributed by atoms with E-state index in [9.17, 15) is 14.5 Å². The third-order valence-electron chi connectivity index (χ3n) is 5.96. The van der Waals surface area contributed by atoms with Crippen molar-refractivity contribution in [3.63, 3.8) is 0 Å². The van der Waals surface area contributed by atoms with Crippen LogP contribution in [0.3, 0.4) is 0 Å². The Bertz CT molecular complexity index is 859. The topological polar surface area (TPSA) is 68.5 Å². The summed E-state index contributed by atoms with van der Waals surface area (Å²) in [7, 11) is 0. The van der Waals surface area contributed by atoms with Gasteiger partial charge >= 0.3 is 5.69 Å². The van der Waals surface area contributed by atoms with Gasteiger partial charge in [-0.1, -0.05) is 23.7 Å². The van der Waals surface area contributed by atoms with Crippen LogP contribution < -0.4 is 4.90 Å². The molecule has 2 saturated heterocycles. The smallest absolute Gasteiger partial charge is 0.327 e. The molecular weight excluding hydrogens is 385 g/mol. The van der Waals surface area contributed by atoms with E-state index >= 15 is 0 Å². The van der Waals surface area contributed by atoms with Gasteiger partial charge in [-0.15, -0.1) is 0 Å². The molecule has 1 atom stereocenters. The number of halogens is 2. The number of aromatic nitrogens is 1. The second kappa shape index (κ2) is 7.64. The highest BCUT2D eigenvalue weighted by Crippen LogP contribution is 2.45. The Hall–Kier alpha value is -2.25. The molecule has 2 aliphatic heterocycles. The van der Waals surface area contributed by atoms with Gasteiger partial charge in [0.25, 0.3) is 0 Å². The van der Waals surface area contributed by atoms with E-state index in [0.717, 1.165) is 37.3 Å². The number of hydrogen-bond acceptors (Lipinski definition) is 5. The molecule has 0 amide bonds. The van der Waals surface area contributed by atoms with Crippen LogP contribution in [0.25, 0.3) is 0 Å². The molecule has 3 heterocycles. The number of para-hydroxylation sites is 1. The van der Waals surface area contributed by atoms with Gasteiger partial charge in [0.1, 0.15) is 10.8 Å². The summed E-state index contributed by atoms with van der Waals surface area (Å²) in [5.41, 5.74) is 1.04. The maximum atomic E-state index is 13.9. The molecule has 1 unspecified atom stereocenters. The van der Waals surface area contributed by atoms with Crippen LogP contribution in [0, 0.1) is 21.3 Å². The maximum Gasteiger partial charge on any atom is 0.327 e. The first kappa shape index (κ1) is 19.1. The Balaban J connectivity index is 1.41. The number of anilines is 1. The summed E-state index contributed by atoms with van der Waals surface area (Å²) in [5, 5.41) is 11.7. The van der Waals surface area contributed by atoms with Crippen LogP contribution >= 0.6 is 11.6 Å². The molecule has 6 nitrogen and oxygen atoms in total. The average Bonchev–Trinajstić information content (AvgIpc) is 2.69. The van der Waals surface area contributed by atoms with Crippen molar-refractivity contribution in [2.24, 2.45) is 5.41 Å². The van der Waals surface area contributed by atoms with Gasteiger partial charge in [-0.05, 0) is 54.9 Å². The normalized spacial score (nSPS) is 21.6. The van der Waals surface area contributed by atoms with Crippen molar-refractivity contribution in [2.75, 3.05) is 24.6 Å². The number of hydrogen-bond donors (Lipinski definition) is 0. The maximum absolute atomic E-state index is 13.9. The number of benzene rings is 1. The van der Waals surface area contributed by atoms with E-state index in [1.807, 2.05) is 11.0 Å². The lowest BCUT2D eigenvalue weighted by atomic mass is 9.73. The second-order valence-electron chi connectivity index (χ2n) is 7.60. The number of rotatable bonds is 3. The minimum absolute atomic E-state index is 0.0257. The summed E-state index contributed by atoms with van der Waals surface area (Å²) in [5.74, 6) is -0.789. The molecule has 28 heavy (non-hydrogen) atoms. The quantitative estimate of drug-likeness (QED) is 0.412. The van der Waals surface area contributed by atoms with Crippen molar-refractivity contribution in [2.45, 2.75) is 31.8 Å². The van der Waals surface area contributed by atoms with Crippen LogP contribution in [0.15, 0.2) is 36.5 Å². The van der Waals surface area contributed by atoms with Crippen molar-refractivity contribution in [3.8, 4) is 0 Å². The van der Waals surface area contributed by atoms with Crippen molar-refractivity contribution < 1.29 is 14.1 Å². The minimum Gasteiger partial charge on any atom is -0.373 e. The van der Waals surface area contributed by atoms with E-state index in [1.54, 1.807) is 18.3 Å². The van der Waals surface area contributed by atoms with Gasteiger partial charge in [0.2, 0.25) is 5.82 Å². The second-order valence-corrected chi connectivity index (χ2v) is 7.99. The molecule has 2 aromatic rings. The summed E-state index contributed by atoms with van der Waals surface area (Å²) in [6.07, 6.45) is 5.45. The monoisotopic (exact) mass is 405 g/mol. The fourth-order valence-corrected chi connectivity index (χ4v) is 4.38. The van der Waals surface area contributed by atoms with Gasteiger partial charge in [-0.3, -0.25) is 10.1 Å². The molecule has 0 N–H and O–H groups in total. The van der Waals surface area contributed by atoms with E-state index < -0.39 is 16.4 Å². The molecule has 2 fully saturated rings. The highest BCUT2D eigenvalue weighted by atomic mass is 35.5. The Morgan fingerprint density at radius 1 is 1.25 bits per heavy atom. The van der Waals surface area contributed by atoms with Gasteiger partial charge in [-0.2, -0.15) is 4.39 Å². The molecule has 1 aromatic carbocycles. The van der Waals surface area contributed by atoms with Gasteiger partial charge in [0, 0.05) is 19.3 Å². The van der Waals surface area contributed by atoms with Crippen LogP contribution in [0.2, 0.25) is 5.15 Å². The fourth-order valence-electron chi connectivity index (χ4n) is 4.27. The van der Waals surface area contributed by atoms with Gasteiger partial charge < -0.3 is 9.64 Å². The van der Waals surface area contributed by atoms with Crippen molar-refractivity contribution in [3.05, 3.63) is 63.2 Å². The lowest BCUT2D eigenvalue weighted by Gasteiger charge is -2.46. The molecule has 148 valence electrons. The first-order valence-electron chi connectivity index (χ1n) is 9.38. The number of pyridine rings is 1. The van der Waals surface area contributed by atoms with Crippen molar-refractivity contribution in [1.29, 1.82) is 0 Å². The largest absolute Gasteiger partial charge is 0.373 e. The predicted octanol–water partition coefficient (Wildman–Crippen LogP) is 4.92. The van der Waals surface area contributed by atoms with E-state index in [2.05, 4.69) is 4.98 Å². The van der Waals surface area contributed by atoms with E-state index in [1.165, 1.54) is 6.07 Å². The average molecular weight is 406 g/mol. The first-order valence-corrected chi connectivity index (χ1v) is 9.76. The summed E-state index contributed by atoms with van der Waals surface area (Å²) in [4.78, 5) is 16.7. The molecule has 4 rings (SSSR count). The minimum atomic E-state index is -0.789. The molecule has 8 heteroatoms. The SMILES string of the molecule is O=[N+]([O-])c1c(F)cccc1N1CCC2(CCC(c3ccc(Cl)nc3)OC2)CC1. The van der Waals surface area contributed by atoms with E-state index in [-0.39, 0.29) is 11.5 Å². The van der Waals surface area contributed by atoms with Crippen LogP contribution in [0.4, 0.5) is 15.8 Å². The number of nitro groups is 1. The van der Waals surface area contributed by atoms with Gasteiger partial charge in [0.15, 0.2) is 0 Å². The highest BCUT2D eigenvalue weighted by Gasteiger charge is 2.40. The van der Waals surface area contributed by atoms with E-state index in [4.69, 9.17) is 16.3 Å². The lowest BCUT2D eigenvalue weighted by Crippen LogP contribution is -2.45. The summed E-state index contributed by atoms with van der Waals surface area (Å²) in [6, 6.07) is 8.00. The molecule has 0 saturated carbocycles. The molecule has 0 bridgehead atoms. The Morgan fingerprint density at radius 3 is 2.64 bits per heavy atom. The third-order valence-corrected chi connectivity index (χ3v) is 6.19. The Kier molecular flexibility index (Phi) is 5.21. The summed E-state index contributed by atoms with van der Waals surface area (Å²) in [6.45, 7) is 1.96. The number of piperidine rings is 1. The molecule has 0 aliphatic carbocycles. The Labute approximate surface area is 167 Å². The standard InChI is InChI=1S/C20H21ClFN3O3/c21-18-5-4-14(12-23-18)17-6-7-20(13-28-17)8-10-24(11-9-20)16-3-1-2-15(22)19(16)25(26)27/h1-5,12,17H,6-11,13H2.